The number of rotatable bonds is 6. The number of para-hydroxylation sites is 1. The van der Waals surface area contributed by atoms with E-state index < -0.39 is 12.0 Å². The SMILES string of the molecule is CCCC[C@H](NC(=O)C1CNc2ccccc21)C(=O)O. The first-order chi connectivity index (χ1) is 9.63. The van der Waals surface area contributed by atoms with E-state index in [1.165, 1.54) is 0 Å². The van der Waals surface area contributed by atoms with Crippen LogP contribution in [0.1, 0.15) is 37.7 Å². The van der Waals surface area contributed by atoms with E-state index in [4.69, 9.17) is 5.11 Å². The Labute approximate surface area is 118 Å². The zero-order valence-corrected chi connectivity index (χ0v) is 11.6. The van der Waals surface area contributed by atoms with Crippen molar-refractivity contribution in [2.24, 2.45) is 0 Å². The number of amides is 1. The molecule has 1 aliphatic rings. The Balaban J connectivity index is 2.03. The monoisotopic (exact) mass is 276 g/mol. The van der Waals surface area contributed by atoms with E-state index in [9.17, 15) is 9.59 Å². The zero-order chi connectivity index (χ0) is 14.5. The summed E-state index contributed by atoms with van der Waals surface area (Å²) in [6, 6.07) is 6.83. The van der Waals surface area contributed by atoms with Crippen molar-refractivity contribution in [3.63, 3.8) is 0 Å². The molecule has 5 nitrogen and oxygen atoms in total. The van der Waals surface area contributed by atoms with Gasteiger partial charge in [-0.3, -0.25) is 4.79 Å². The maximum Gasteiger partial charge on any atom is 0.326 e. The van der Waals surface area contributed by atoms with Crippen LogP contribution in [0.25, 0.3) is 0 Å². The van der Waals surface area contributed by atoms with E-state index >= 15 is 0 Å². The molecule has 1 amide bonds. The largest absolute Gasteiger partial charge is 0.480 e. The Morgan fingerprint density at radius 2 is 2.20 bits per heavy atom. The number of fused-ring (bicyclic) bond motifs is 1. The van der Waals surface area contributed by atoms with Crippen molar-refractivity contribution in [2.75, 3.05) is 11.9 Å². The quantitative estimate of drug-likeness (QED) is 0.742. The van der Waals surface area contributed by atoms with Crippen molar-refractivity contribution in [1.82, 2.24) is 5.32 Å². The summed E-state index contributed by atoms with van der Waals surface area (Å²) in [5, 5.41) is 15.0. The van der Waals surface area contributed by atoms with Crippen molar-refractivity contribution >= 4 is 17.6 Å². The van der Waals surface area contributed by atoms with Gasteiger partial charge in [0.2, 0.25) is 5.91 Å². The molecule has 5 heteroatoms. The lowest BCUT2D eigenvalue weighted by Crippen LogP contribution is -2.43. The van der Waals surface area contributed by atoms with Crippen LogP contribution in [0.4, 0.5) is 5.69 Å². The predicted octanol–water partition coefficient (Wildman–Crippen LogP) is 1.96. The molecule has 0 saturated carbocycles. The lowest BCUT2D eigenvalue weighted by Gasteiger charge is -2.17. The zero-order valence-electron chi connectivity index (χ0n) is 11.6. The third-order valence-electron chi connectivity index (χ3n) is 3.61. The summed E-state index contributed by atoms with van der Waals surface area (Å²) in [5.41, 5.74) is 1.89. The van der Waals surface area contributed by atoms with E-state index in [-0.39, 0.29) is 11.8 Å². The van der Waals surface area contributed by atoms with Gasteiger partial charge in [0, 0.05) is 12.2 Å². The number of nitrogens with one attached hydrogen (secondary N) is 2. The summed E-state index contributed by atoms with van der Waals surface area (Å²) in [6.45, 7) is 2.52. The standard InChI is InChI=1S/C15H20N2O3/c1-2-3-7-13(15(19)20)17-14(18)11-9-16-12-8-5-4-6-10(11)12/h4-6,8,11,13,16H,2-3,7,9H2,1H3,(H,17,18)(H,19,20)/t11?,13-/m0/s1. The van der Waals surface area contributed by atoms with E-state index in [0.29, 0.717) is 13.0 Å². The molecule has 0 fully saturated rings. The highest BCUT2D eigenvalue weighted by molar-refractivity contribution is 5.91. The number of hydrogen-bond donors (Lipinski definition) is 3. The van der Waals surface area contributed by atoms with E-state index in [2.05, 4.69) is 10.6 Å². The first-order valence-corrected chi connectivity index (χ1v) is 6.99. The molecule has 0 spiro atoms. The van der Waals surface area contributed by atoms with E-state index in [0.717, 1.165) is 24.1 Å². The van der Waals surface area contributed by atoms with Crippen LogP contribution in [0, 0.1) is 0 Å². The lowest BCUT2D eigenvalue weighted by molar-refractivity contribution is -0.142. The summed E-state index contributed by atoms with van der Waals surface area (Å²) in [4.78, 5) is 23.4. The fourth-order valence-corrected chi connectivity index (χ4v) is 2.46. The number of carbonyl (C=O) groups is 2. The third-order valence-corrected chi connectivity index (χ3v) is 3.61. The second kappa shape index (κ2) is 6.41. The van der Waals surface area contributed by atoms with Gasteiger partial charge in [-0.2, -0.15) is 0 Å². The Morgan fingerprint density at radius 3 is 2.90 bits per heavy atom. The van der Waals surface area contributed by atoms with Crippen LogP contribution in [-0.4, -0.2) is 29.6 Å². The van der Waals surface area contributed by atoms with Gasteiger partial charge in [0.05, 0.1) is 5.92 Å². The molecule has 3 N–H and O–H groups in total. The number of aliphatic carboxylic acids is 1. The summed E-state index contributed by atoms with van der Waals surface area (Å²) >= 11 is 0. The Bertz CT molecular complexity index is 502. The molecule has 0 aromatic heterocycles. The van der Waals surface area contributed by atoms with Crippen LogP contribution in [0.15, 0.2) is 24.3 Å². The maximum atomic E-state index is 12.3. The summed E-state index contributed by atoms with van der Waals surface area (Å²) < 4.78 is 0. The molecular formula is C15H20N2O3. The topological polar surface area (TPSA) is 78.4 Å². The lowest BCUT2D eigenvalue weighted by atomic mass is 9.99. The molecule has 1 heterocycles. The van der Waals surface area contributed by atoms with Gasteiger partial charge in [-0.15, -0.1) is 0 Å². The number of carboxylic acids is 1. The number of anilines is 1. The molecule has 108 valence electrons. The Morgan fingerprint density at radius 1 is 1.45 bits per heavy atom. The van der Waals surface area contributed by atoms with Crippen LogP contribution >= 0.6 is 0 Å². The number of hydrogen-bond acceptors (Lipinski definition) is 3. The molecule has 1 aliphatic heterocycles. The number of benzene rings is 1. The minimum absolute atomic E-state index is 0.217. The molecule has 20 heavy (non-hydrogen) atoms. The van der Waals surface area contributed by atoms with E-state index in [1.54, 1.807) is 0 Å². The second-order valence-electron chi connectivity index (χ2n) is 5.06. The summed E-state index contributed by atoms with van der Waals surface area (Å²) in [5.74, 6) is -1.49. The van der Waals surface area contributed by atoms with Crippen molar-refractivity contribution in [1.29, 1.82) is 0 Å². The molecule has 1 unspecified atom stereocenters. The minimum atomic E-state index is -0.967. The Hall–Kier alpha value is -2.04. The molecule has 2 rings (SSSR count). The predicted molar refractivity (Wildman–Crippen MR) is 76.8 cm³/mol. The van der Waals surface area contributed by atoms with Crippen LogP contribution in [0.5, 0.6) is 0 Å². The minimum Gasteiger partial charge on any atom is -0.480 e. The third kappa shape index (κ3) is 3.10. The average Bonchev–Trinajstić information content (AvgIpc) is 2.87. The Kier molecular flexibility index (Phi) is 4.61. The van der Waals surface area contributed by atoms with Crippen molar-refractivity contribution in [3.8, 4) is 0 Å². The van der Waals surface area contributed by atoms with Gasteiger partial charge in [0.25, 0.3) is 0 Å². The average molecular weight is 276 g/mol. The molecule has 2 atom stereocenters. The molecule has 0 radical (unpaired) electrons. The van der Waals surface area contributed by atoms with Crippen LogP contribution in [0.2, 0.25) is 0 Å². The van der Waals surface area contributed by atoms with Gasteiger partial charge in [0.1, 0.15) is 6.04 Å². The second-order valence-corrected chi connectivity index (χ2v) is 5.06. The summed E-state index contributed by atoms with van der Waals surface area (Å²) in [6.07, 6.45) is 2.17. The fourth-order valence-electron chi connectivity index (χ4n) is 2.46. The van der Waals surface area contributed by atoms with Gasteiger partial charge in [-0.25, -0.2) is 4.79 Å². The van der Waals surface area contributed by atoms with Gasteiger partial charge >= 0.3 is 5.97 Å². The fraction of sp³-hybridized carbons (Fsp3) is 0.467. The first-order valence-electron chi connectivity index (χ1n) is 6.99. The molecule has 1 aromatic rings. The van der Waals surface area contributed by atoms with Crippen molar-refractivity contribution in [2.45, 2.75) is 38.1 Å². The summed E-state index contributed by atoms with van der Waals surface area (Å²) in [7, 11) is 0. The normalized spacial score (nSPS) is 17.9. The van der Waals surface area contributed by atoms with Crippen LogP contribution in [-0.2, 0) is 9.59 Å². The first kappa shape index (κ1) is 14.4. The highest BCUT2D eigenvalue weighted by Crippen LogP contribution is 2.31. The van der Waals surface area contributed by atoms with Gasteiger partial charge < -0.3 is 15.7 Å². The molecule has 0 saturated heterocycles. The number of unbranched alkanes of at least 4 members (excludes halogenated alkanes) is 1. The highest BCUT2D eigenvalue weighted by Gasteiger charge is 2.30. The number of carboxylic acid groups (broad SMARTS) is 1. The van der Waals surface area contributed by atoms with E-state index in [1.807, 2.05) is 31.2 Å². The maximum absolute atomic E-state index is 12.3. The highest BCUT2D eigenvalue weighted by atomic mass is 16.4. The van der Waals surface area contributed by atoms with Crippen molar-refractivity contribution < 1.29 is 14.7 Å². The van der Waals surface area contributed by atoms with Crippen molar-refractivity contribution in [3.05, 3.63) is 29.8 Å². The van der Waals surface area contributed by atoms with Crippen LogP contribution < -0.4 is 10.6 Å². The van der Waals surface area contributed by atoms with Gasteiger partial charge in [-0.05, 0) is 18.1 Å². The molecule has 1 aromatic carbocycles. The smallest absolute Gasteiger partial charge is 0.326 e. The molecule has 0 aliphatic carbocycles. The molecule has 0 bridgehead atoms. The molecular weight excluding hydrogens is 256 g/mol. The van der Waals surface area contributed by atoms with Crippen LogP contribution in [0.3, 0.4) is 0 Å². The van der Waals surface area contributed by atoms with Gasteiger partial charge in [0.15, 0.2) is 0 Å². The van der Waals surface area contributed by atoms with Gasteiger partial charge in [-0.1, -0.05) is 38.0 Å². The number of carbonyl (C=O) groups excluding carboxylic acids is 1.